The normalized spacial score (nSPS) is 15.0. The Morgan fingerprint density at radius 3 is 1.97 bits per heavy atom. The van der Waals surface area contributed by atoms with Crippen LogP contribution in [0.4, 0.5) is 13.2 Å². The number of rotatable bonds is 6. The van der Waals surface area contributed by atoms with Gasteiger partial charge in [0.2, 0.25) is 0 Å². The average molecular weight is 526 g/mol. The first-order chi connectivity index (χ1) is 17.7. The first-order valence-electron chi connectivity index (χ1n) is 12.7. The maximum atomic E-state index is 13.0. The molecule has 0 saturated carbocycles. The van der Waals surface area contributed by atoms with Crippen LogP contribution in [0.25, 0.3) is 11.1 Å². The summed E-state index contributed by atoms with van der Waals surface area (Å²) < 4.78 is 45.1. The van der Waals surface area contributed by atoms with Crippen molar-refractivity contribution in [2.75, 3.05) is 0 Å². The summed E-state index contributed by atoms with van der Waals surface area (Å²) >= 11 is 0. The summed E-state index contributed by atoms with van der Waals surface area (Å²) in [5, 5.41) is 10.3. The highest BCUT2D eigenvalue weighted by Crippen LogP contribution is 2.44. The number of nitrogens with zero attached hydrogens (tertiary/aromatic N) is 1. The molecular formula is C31H34F3NO3. The van der Waals surface area contributed by atoms with Gasteiger partial charge in [0.1, 0.15) is 0 Å². The molecule has 0 spiro atoms. The van der Waals surface area contributed by atoms with E-state index in [9.17, 15) is 23.1 Å². The zero-order valence-electron chi connectivity index (χ0n) is 22.7. The standard InChI is InChI=1S/C31H34F3NO3/c1-18-7-11-22(12-8-18)26-19(2)24-16-35(15-21-9-13-23(14-10-21)31(32,33)34)17-25(24)20(3)27(26)28(29(36)37)38-30(4,5)6/h7-14,28H,15-17H2,1-6H3,(H,36,37). The molecule has 1 heterocycles. The number of carboxylic acid groups (broad SMARTS) is 1. The van der Waals surface area contributed by atoms with Gasteiger partial charge in [0, 0.05) is 25.2 Å². The predicted octanol–water partition coefficient (Wildman–Crippen LogP) is 7.75. The summed E-state index contributed by atoms with van der Waals surface area (Å²) in [6.07, 6.45) is -5.52. The number of ether oxygens (including phenoxy) is 1. The molecule has 0 bridgehead atoms. The molecule has 1 aliphatic heterocycles. The smallest absolute Gasteiger partial charge is 0.416 e. The Morgan fingerprint density at radius 1 is 0.921 bits per heavy atom. The molecule has 0 aliphatic carbocycles. The number of hydrogen-bond acceptors (Lipinski definition) is 3. The van der Waals surface area contributed by atoms with Crippen LogP contribution in [0.15, 0.2) is 48.5 Å². The molecule has 0 fully saturated rings. The van der Waals surface area contributed by atoms with Crippen LogP contribution < -0.4 is 0 Å². The number of alkyl halides is 3. The summed E-state index contributed by atoms with van der Waals surface area (Å²) in [7, 11) is 0. The van der Waals surface area contributed by atoms with Crippen molar-refractivity contribution in [2.24, 2.45) is 0 Å². The van der Waals surface area contributed by atoms with E-state index in [1.54, 1.807) is 0 Å². The molecule has 0 saturated heterocycles. The van der Waals surface area contributed by atoms with Crippen molar-refractivity contribution in [3.63, 3.8) is 0 Å². The molecule has 1 atom stereocenters. The Morgan fingerprint density at radius 2 is 1.47 bits per heavy atom. The van der Waals surface area contributed by atoms with Crippen molar-refractivity contribution < 1.29 is 27.8 Å². The Kier molecular flexibility index (Phi) is 7.47. The van der Waals surface area contributed by atoms with Crippen molar-refractivity contribution >= 4 is 5.97 Å². The third-order valence-corrected chi connectivity index (χ3v) is 7.07. The van der Waals surface area contributed by atoms with E-state index in [1.165, 1.54) is 12.1 Å². The van der Waals surface area contributed by atoms with E-state index >= 15 is 0 Å². The van der Waals surface area contributed by atoms with Gasteiger partial charge in [-0.1, -0.05) is 42.0 Å². The second kappa shape index (κ2) is 10.2. The molecule has 38 heavy (non-hydrogen) atoms. The first-order valence-corrected chi connectivity index (χ1v) is 12.7. The predicted molar refractivity (Wildman–Crippen MR) is 142 cm³/mol. The molecule has 0 aromatic heterocycles. The number of aliphatic carboxylic acids is 1. The van der Waals surface area contributed by atoms with Gasteiger partial charge in [0.05, 0.1) is 11.2 Å². The van der Waals surface area contributed by atoms with E-state index < -0.39 is 29.4 Å². The van der Waals surface area contributed by atoms with Gasteiger partial charge in [-0.25, -0.2) is 4.79 Å². The molecule has 0 radical (unpaired) electrons. The fraction of sp³-hybridized carbons (Fsp3) is 0.387. The van der Waals surface area contributed by atoms with E-state index in [4.69, 9.17) is 4.74 Å². The van der Waals surface area contributed by atoms with Crippen LogP contribution in [0.5, 0.6) is 0 Å². The second-order valence-electron chi connectivity index (χ2n) is 11.2. The van der Waals surface area contributed by atoms with Gasteiger partial charge in [0.15, 0.2) is 6.10 Å². The minimum atomic E-state index is -4.37. The lowest BCUT2D eigenvalue weighted by atomic mass is 9.83. The largest absolute Gasteiger partial charge is 0.479 e. The number of hydrogen-bond donors (Lipinski definition) is 1. The lowest BCUT2D eigenvalue weighted by Crippen LogP contribution is -2.28. The van der Waals surface area contributed by atoms with Crippen molar-refractivity contribution in [1.29, 1.82) is 0 Å². The molecule has 4 rings (SSSR count). The Balaban J connectivity index is 1.78. The van der Waals surface area contributed by atoms with Crippen molar-refractivity contribution in [3.8, 4) is 11.1 Å². The number of carboxylic acids is 1. The molecule has 3 aromatic rings. The van der Waals surface area contributed by atoms with E-state index in [0.29, 0.717) is 25.2 Å². The van der Waals surface area contributed by atoms with Crippen LogP contribution in [0, 0.1) is 20.8 Å². The van der Waals surface area contributed by atoms with Gasteiger partial charge in [-0.3, -0.25) is 4.90 Å². The Hall–Kier alpha value is -3.16. The lowest BCUT2D eigenvalue weighted by molar-refractivity contribution is -0.160. The van der Waals surface area contributed by atoms with E-state index in [2.05, 4.69) is 4.90 Å². The third-order valence-electron chi connectivity index (χ3n) is 7.07. The number of carbonyl (C=O) groups is 1. The van der Waals surface area contributed by atoms with Gasteiger partial charge in [-0.05, 0) is 92.6 Å². The van der Waals surface area contributed by atoms with Crippen LogP contribution in [0.2, 0.25) is 0 Å². The van der Waals surface area contributed by atoms with Crippen molar-refractivity contribution in [3.05, 3.63) is 93.0 Å². The average Bonchev–Trinajstić information content (AvgIpc) is 3.24. The topological polar surface area (TPSA) is 49.8 Å². The van der Waals surface area contributed by atoms with E-state index in [0.717, 1.165) is 56.6 Å². The monoisotopic (exact) mass is 525 g/mol. The highest BCUT2D eigenvalue weighted by atomic mass is 19.4. The Bertz CT molecular complexity index is 1340. The SMILES string of the molecule is Cc1ccc(-c2c(C)c3c(c(C)c2C(OC(C)(C)C)C(=O)O)CN(Cc2ccc(C(F)(F)F)cc2)C3)cc1. The third kappa shape index (κ3) is 5.79. The van der Waals surface area contributed by atoms with Crippen LogP contribution in [-0.2, 0) is 35.3 Å². The number of benzene rings is 3. The van der Waals surface area contributed by atoms with Crippen LogP contribution in [-0.4, -0.2) is 21.6 Å². The van der Waals surface area contributed by atoms with Gasteiger partial charge < -0.3 is 9.84 Å². The molecule has 3 aromatic carbocycles. The maximum absolute atomic E-state index is 13.0. The van der Waals surface area contributed by atoms with Crippen LogP contribution in [0.3, 0.4) is 0 Å². The summed E-state index contributed by atoms with van der Waals surface area (Å²) in [6.45, 7) is 13.2. The fourth-order valence-electron chi connectivity index (χ4n) is 5.26. The van der Waals surface area contributed by atoms with Crippen molar-refractivity contribution in [1.82, 2.24) is 4.90 Å². The van der Waals surface area contributed by atoms with E-state index in [-0.39, 0.29) is 0 Å². The van der Waals surface area contributed by atoms with Crippen molar-refractivity contribution in [2.45, 2.75) is 79.1 Å². The summed E-state index contributed by atoms with van der Waals surface area (Å²) in [4.78, 5) is 14.7. The van der Waals surface area contributed by atoms with Gasteiger partial charge >= 0.3 is 12.1 Å². The molecule has 1 N–H and O–H groups in total. The lowest BCUT2D eigenvalue weighted by Gasteiger charge is -2.30. The summed E-state index contributed by atoms with van der Waals surface area (Å²) in [5.74, 6) is -1.05. The number of aryl methyl sites for hydroxylation is 1. The van der Waals surface area contributed by atoms with Gasteiger partial charge in [-0.15, -0.1) is 0 Å². The number of fused-ring (bicyclic) bond motifs is 1. The zero-order valence-corrected chi connectivity index (χ0v) is 22.7. The minimum Gasteiger partial charge on any atom is -0.479 e. The second-order valence-corrected chi connectivity index (χ2v) is 11.2. The molecule has 1 unspecified atom stereocenters. The summed E-state index contributed by atoms with van der Waals surface area (Å²) in [5.41, 5.74) is 7.09. The first kappa shape index (κ1) is 27.9. The van der Waals surface area contributed by atoms with Gasteiger partial charge in [0.25, 0.3) is 0 Å². The van der Waals surface area contributed by atoms with Gasteiger partial charge in [-0.2, -0.15) is 13.2 Å². The molecule has 7 heteroatoms. The molecule has 4 nitrogen and oxygen atoms in total. The summed E-state index contributed by atoms with van der Waals surface area (Å²) in [6, 6.07) is 13.3. The van der Waals surface area contributed by atoms with Crippen LogP contribution in [0.1, 0.15) is 71.4 Å². The highest BCUT2D eigenvalue weighted by Gasteiger charge is 2.36. The maximum Gasteiger partial charge on any atom is 0.416 e. The van der Waals surface area contributed by atoms with Crippen LogP contribution >= 0.6 is 0 Å². The molecular weight excluding hydrogens is 491 g/mol. The molecule has 1 aliphatic rings. The Labute approximate surface area is 222 Å². The zero-order chi connectivity index (χ0) is 28.0. The minimum absolute atomic E-state index is 0.488. The number of halogens is 3. The van der Waals surface area contributed by atoms with E-state index in [1.807, 2.05) is 65.8 Å². The molecule has 0 amide bonds. The molecule has 202 valence electrons. The fourth-order valence-corrected chi connectivity index (χ4v) is 5.26. The quantitative estimate of drug-likeness (QED) is 0.357. The highest BCUT2D eigenvalue weighted by molar-refractivity contribution is 5.84.